The van der Waals surface area contributed by atoms with Crippen LogP contribution in [0, 0.1) is 10.1 Å². The van der Waals surface area contributed by atoms with E-state index in [1.165, 1.54) is 44.4 Å². The Morgan fingerprint density at radius 2 is 1.77 bits per heavy atom. The van der Waals surface area contributed by atoms with Crippen LogP contribution in [0.2, 0.25) is 0 Å². The molecule has 6 nitrogen and oxygen atoms in total. The van der Waals surface area contributed by atoms with Gasteiger partial charge in [-0.15, -0.1) is 0 Å². The summed E-state index contributed by atoms with van der Waals surface area (Å²) in [5, 5.41) is 10.7. The standard InChI is InChI=1S/C16H23N3O3/c20-19(21)13-6-7-16(17-12-13)18-10-8-15(9-11-18)22-14-4-2-1-3-5-14/h6-7,12,14-15H,1-5,8-11H2. The maximum atomic E-state index is 10.7. The minimum absolute atomic E-state index is 0.0410. The van der Waals surface area contributed by atoms with Crippen molar-refractivity contribution in [3.8, 4) is 0 Å². The summed E-state index contributed by atoms with van der Waals surface area (Å²) >= 11 is 0. The summed E-state index contributed by atoms with van der Waals surface area (Å²) in [7, 11) is 0. The van der Waals surface area contributed by atoms with Crippen LogP contribution < -0.4 is 4.90 Å². The summed E-state index contributed by atoms with van der Waals surface area (Å²) in [6.45, 7) is 1.81. The molecule has 120 valence electrons. The van der Waals surface area contributed by atoms with E-state index in [1.54, 1.807) is 6.07 Å². The van der Waals surface area contributed by atoms with Gasteiger partial charge in [-0.25, -0.2) is 4.98 Å². The second-order valence-corrected chi connectivity index (χ2v) is 6.21. The van der Waals surface area contributed by atoms with Gasteiger partial charge in [0.15, 0.2) is 0 Å². The SMILES string of the molecule is O=[N+]([O-])c1ccc(N2CCC(OC3CCCCC3)CC2)nc1. The molecule has 2 heterocycles. The highest BCUT2D eigenvalue weighted by molar-refractivity contribution is 5.43. The van der Waals surface area contributed by atoms with Crippen LogP contribution in [0.4, 0.5) is 11.5 Å². The van der Waals surface area contributed by atoms with Gasteiger partial charge in [-0.1, -0.05) is 19.3 Å². The van der Waals surface area contributed by atoms with E-state index in [2.05, 4.69) is 9.88 Å². The Kier molecular flexibility index (Phi) is 4.87. The first-order valence-electron chi connectivity index (χ1n) is 8.23. The van der Waals surface area contributed by atoms with E-state index in [0.29, 0.717) is 12.2 Å². The zero-order chi connectivity index (χ0) is 15.4. The van der Waals surface area contributed by atoms with Crippen molar-refractivity contribution in [2.75, 3.05) is 18.0 Å². The number of ether oxygens (including phenoxy) is 1. The molecule has 1 aliphatic carbocycles. The van der Waals surface area contributed by atoms with Crippen molar-refractivity contribution in [1.82, 2.24) is 4.98 Å². The number of nitrogens with zero attached hydrogens (tertiary/aromatic N) is 3. The third-order valence-electron chi connectivity index (χ3n) is 4.65. The third-order valence-corrected chi connectivity index (χ3v) is 4.65. The van der Waals surface area contributed by atoms with Crippen molar-refractivity contribution < 1.29 is 9.66 Å². The molecule has 1 aliphatic heterocycles. The largest absolute Gasteiger partial charge is 0.375 e. The summed E-state index contributed by atoms with van der Waals surface area (Å²) < 4.78 is 6.23. The average Bonchev–Trinajstić information content (AvgIpc) is 2.57. The molecule has 0 atom stereocenters. The fourth-order valence-electron chi connectivity index (χ4n) is 3.37. The van der Waals surface area contributed by atoms with Gasteiger partial charge in [-0.3, -0.25) is 10.1 Å². The van der Waals surface area contributed by atoms with E-state index in [9.17, 15) is 10.1 Å². The highest BCUT2D eigenvalue weighted by Crippen LogP contribution is 2.26. The lowest BCUT2D eigenvalue weighted by molar-refractivity contribution is -0.385. The third kappa shape index (κ3) is 3.74. The molecule has 0 spiro atoms. The molecule has 0 aromatic carbocycles. The van der Waals surface area contributed by atoms with Crippen molar-refractivity contribution in [3.05, 3.63) is 28.4 Å². The first-order chi connectivity index (χ1) is 10.7. The van der Waals surface area contributed by atoms with Crippen LogP contribution in [0.25, 0.3) is 0 Å². The number of pyridine rings is 1. The highest BCUT2D eigenvalue weighted by atomic mass is 16.6. The smallest absolute Gasteiger partial charge is 0.287 e. The van der Waals surface area contributed by atoms with Crippen LogP contribution in [0.1, 0.15) is 44.9 Å². The van der Waals surface area contributed by atoms with Gasteiger partial charge in [0.1, 0.15) is 12.0 Å². The van der Waals surface area contributed by atoms with E-state index >= 15 is 0 Å². The van der Waals surface area contributed by atoms with E-state index in [1.807, 2.05) is 0 Å². The van der Waals surface area contributed by atoms with E-state index in [0.717, 1.165) is 31.7 Å². The maximum Gasteiger partial charge on any atom is 0.287 e. The molecule has 1 saturated heterocycles. The summed E-state index contributed by atoms with van der Waals surface area (Å²) in [5.74, 6) is 0.821. The molecule has 0 unspecified atom stereocenters. The summed E-state index contributed by atoms with van der Waals surface area (Å²) in [6.07, 6.45) is 10.6. The second-order valence-electron chi connectivity index (χ2n) is 6.21. The van der Waals surface area contributed by atoms with Crippen LogP contribution in [0.3, 0.4) is 0 Å². The molecular formula is C16H23N3O3. The highest BCUT2D eigenvalue weighted by Gasteiger charge is 2.24. The van der Waals surface area contributed by atoms with Crippen LogP contribution in [-0.4, -0.2) is 35.2 Å². The molecule has 1 aromatic rings. The molecule has 0 bridgehead atoms. The Hall–Kier alpha value is -1.69. The predicted molar refractivity (Wildman–Crippen MR) is 84.1 cm³/mol. The van der Waals surface area contributed by atoms with Crippen molar-refractivity contribution in [3.63, 3.8) is 0 Å². The number of rotatable bonds is 4. The number of piperidine rings is 1. The topological polar surface area (TPSA) is 68.5 Å². The first kappa shape index (κ1) is 15.2. The molecule has 6 heteroatoms. The fraction of sp³-hybridized carbons (Fsp3) is 0.688. The van der Waals surface area contributed by atoms with E-state index in [-0.39, 0.29) is 5.69 Å². The lowest BCUT2D eigenvalue weighted by Crippen LogP contribution is -2.39. The summed E-state index contributed by atoms with van der Waals surface area (Å²) in [4.78, 5) is 16.6. The van der Waals surface area contributed by atoms with Gasteiger partial charge < -0.3 is 9.64 Å². The van der Waals surface area contributed by atoms with Crippen LogP contribution >= 0.6 is 0 Å². The molecule has 2 fully saturated rings. The van der Waals surface area contributed by atoms with Gasteiger partial charge in [0, 0.05) is 19.2 Å². The lowest BCUT2D eigenvalue weighted by atomic mass is 9.97. The zero-order valence-corrected chi connectivity index (χ0v) is 12.8. The van der Waals surface area contributed by atoms with Crippen LogP contribution in [-0.2, 0) is 4.74 Å². The Morgan fingerprint density at radius 1 is 1.09 bits per heavy atom. The van der Waals surface area contributed by atoms with Crippen molar-refractivity contribution >= 4 is 11.5 Å². The minimum Gasteiger partial charge on any atom is -0.375 e. The van der Waals surface area contributed by atoms with Crippen molar-refractivity contribution in [2.45, 2.75) is 57.2 Å². The van der Waals surface area contributed by atoms with Gasteiger partial charge in [-0.05, 0) is 31.7 Å². The Bertz CT molecular complexity index is 492. The fourth-order valence-corrected chi connectivity index (χ4v) is 3.37. The Labute approximate surface area is 130 Å². The molecule has 0 radical (unpaired) electrons. The van der Waals surface area contributed by atoms with Crippen LogP contribution in [0.15, 0.2) is 18.3 Å². The van der Waals surface area contributed by atoms with Gasteiger partial charge in [0.05, 0.1) is 17.1 Å². The van der Waals surface area contributed by atoms with Crippen molar-refractivity contribution in [1.29, 1.82) is 0 Å². The number of nitro groups is 1. The van der Waals surface area contributed by atoms with Gasteiger partial charge in [-0.2, -0.15) is 0 Å². The number of aromatic nitrogens is 1. The first-order valence-corrected chi connectivity index (χ1v) is 8.23. The number of hydrogen-bond donors (Lipinski definition) is 0. The number of hydrogen-bond acceptors (Lipinski definition) is 5. The average molecular weight is 305 g/mol. The minimum atomic E-state index is -0.416. The van der Waals surface area contributed by atoms with Gasteiger partial charge >= 0.3 is 0 Å². The summed E-state index contributed by atoms with van der Waals surface area (Å²) in [5.41, 5.74) is 0.0410. The maximum absolute atomic E-state index is 10.7. The Balaban J connectivity index is 1.49. The molecular weight excluding hydrogens is 282 g/mol. The normalized spacial score (nSPS) is 21.0. The second kappa shape index (κ2) is 7.05. The molecule has 0 N–H and O–H groups in total. The van der Waals surface area contributed by atoms with E-state index < -0.39 is 4.92 Å². The molecule has 22 heavy (non-hydrogen) atoms. The summed E-state index contributed by atoms with van der Waals surface area (Å²) in [6, 6.07) is 3.26. The molecule has 1 aromatic heterocycles. The molecule has 1 saturated carbocycles. The Morgan fingerprint density at radius 3 is 2.36 bits per heavy atom. The monoisotopic (exact) mass is 305 g/mol. The van der Waals surface area contributed by atoms with Crippen molar-refractivity contribution in [2.24, 2.45) is 0 Å². The quantitative estimate of drug-likeness (QED) is 0.630. The van der Waals surface area contributed by atoms with Gasteiger partial charge in [0.25, 0.3) is 5.69 Å². The lowest BCUT2D eigenvalue weighted by Gasteiger charge is -2.35. The predicted octanol–water partition coefficient (Wildman–Crippen LogP) is 3.31. The molecule has 2 aliphatic rings. The zero-order valence-electron chi connectivity index (χ0n) is 12.8. The van der Waals surface area contributed by atoms with Gasteiger partial charge in [0.2, 0.25) is 0 Å². The number of anilines is 1. The molecule has 3 rings (SSSR count). The van der Waals surface area contributed by atoms with Crippen LogP contribution in [0.5, 0.6) is 0 Å². The molecule has 0 amide bonds. The van der Waals surface area contributed by atoms with E-state index in [4.69, 9.17) is 4.74 Å².